The zero-order valence-corrected chi connectivity index (χ0v) is 14.9. The number of rotatable bonds is 6. The topological polar surface area (TPSA) is 52.7 Å². The van der Waals surface area contributed by atoms with Crippen LogP contribution in [0.25, 0.3) is 10.9 Å². The Morgan fingerprint density at radius 1 is 0.962 bits per heavy atom. The van der Waals surface area contributed by atoms with Gasteiger partial charge in [0, 0.05) is 47.4 Å². The van der Waals surface area contributed by atoms with Gasteiger partial charge in [-0.15, -0.1) is 0 Å². The van der Waals surface area contributed by atoms with Gasteiger partial charge in [0.05, 0.1) is 10.7 Å². The fourth-order valence-corrected chi connectivity index (χ4v) is 3.26. The third-order valence-electron chi connectivity index (χ3n) is 4.32. The van der Waals surface area contributed by atoms with Crippen LogP contribution in [0.5, 0.6) is 0 Å². The van der Waals surface area contributed by atoms with E-state index in [1.54, 1.807) is 12.4 Å². The van der Waals surface area contributed by atoms with Gasteiger partial charge in [-0.3, -0.25) is 4.98 Å². The number of nitrogens with zero attached hydrogens (tertiary/aromatic N) is 1. The Kier molecular flexibility index (Phi) is 4.75. The van der Waals surface area contributed by atoms with E-state index in [-0.39, 0.29) is 0 Å². The van der Waals surface area contributed by atoms with Crippen LogP contribution in [-0.4, -0.2) is 16.5 Å². The van der Waals surface area contributed by atoms with Gasteiger partial charge in [-0.05, 0) is 48.4 Å². The highest BCUT2D eigenvalue weighted by atomic mass is 35.5. The summed E-state index contributed by atoms with van der Waals surface area (Å²) in [5.41, 5.74) is 5.35. The molecule has 130 valence electrons. The van der Waals surface area contributed by atoms with Gasteiger partial charge in [0.1, 0.15) is 0 Å². The normalized spacial score (nSPS) is 10.8. The van der Waals surface area contributed by atoms with Crippen molar-refractivity contribution in [2.24, 2.45) is 0 Å². The van der Waals surface area contributed by atoms with Crippen LogP contribution in [0.1, 0.15) is 5.56 Å². The molecule has 26 heavy (non-hydrogen) atoms. The number of fused-ring (bicyclic) bond motifs is 1. The molecule has 0 saturated heterocycles. The second-order valence-electron chi connectivity index (χ2n) is 6.09. The SMILES string of the molecule is Clc1cc(Nc2ccncc2)ccc1NCCc1c[nH]c2ccccc12. The van der Waals surface area contributed by atoms with Gasteiger partial charge in [0.2, 0.25) is 0 Å². The number of aromatic nitrogens is 2. The maximum absolute atomic E-state index is 6.43. The molecule has 4 aromatic rings. The molecular formula is C21H19ClN4. The van der Waals surface area contributed by atoms with Crippen LogP contribution in [0, 0.1) is 0 Å². The van der Waals surface area contributed by atoms with Crippen molar-refractivity contribution in [2.45, 2.75) is 6.42 Å². The number of pyridine rings is 1. The quantitative estimate of drug-likeness (QED) is 0.417. The average molecular weight is 363 g/mol. The third-order valence-corrected chi connectivity index (χ3v) is 4.64. The zero-order chi connectivity index (χ0) is 17.8. The van der Waals surface area contributed by atoms with E-state index in [9.17, 15) is 0 Å². The third kappa shape index (κ3) is 3.65. The number of hydrogen-bond acceptors (Lipinski definition) is 3. The van der Waals surface area contributed by atoms with Crippen LogP contribution in [0.3, 0.4) is 0 Å². The number of halogens is 1. The molecular weight excluding hydrogens is 344 g/mol. The second kappa shape index (κ2) is 7.50. The second-order valence-corrected chi connectivity index (χ2v) is 6.50. The van der Waals surface area contributed by atoms with Crippen LogP contribution >= 0.6 is 11.6 Å². The lowest BCUT2D eigenvalue weighted by Gasteiger charge is -2.11. The Balaban J connectivity index is 1.39. The van der Waals surface area contributed by atoms with Gasteiger partial charge < -0.3 is 15.6 Å². The molecule has 0 aliphatic rings. The summed E-state index contributed by atoms with van der Waals surface area (Å²) < 4.78 is 0. The minimum atomic E-state index is 0.697. The predicted molar refractivity (Wildman–Crippen MR) is 109 cm³/mol. The minimum Gasteiger partial charge on any atom is -0.384 e. The molecule has 0 spiro atoms. The van der Waals surface area contributed by atoms with E-state index in [0.29, 0.717) is 5.02 Å². The maximum atomic E-state index is 6.43. The molecule has 0 fully saturated rings. The van der Waals surface area contributed by atoms with Crippen LogP contribution in [-0.2, 0) is 6.42 Å². The van der Waals surface area contributed by atoms with Gasteiger partial charge in [0.25, 0.3) is 0 Å². The summed E-state index contributed by atoms with van der Waals surface area (Å²) in [7, 11) is 0. The van der Waals surface area contributed by atoms with Crippen molar-refractivity contribution in [1.82, 2.24) is 9.97 Å². The molecule has 0 saturated carbocycles. The molecule has 0 amide bonds. The fourth-order valence-electron chi connectivity index (χ4n) is 3.01. The van der Waals surface area contributed by atoms with E-state index in [1.165, 1.54) is 16.5 Å². The fraction of sp³-hybridized carbons (Fsp3) is 0.0952. The van der Waals surface area contributed by atoms with Gasteiger partial charge in [-0.1, -0.05) is 29.8 Å². The molecule has 2 aromatic heterocycles. The number of H-pyrrole nitrogens is 1. The number of anilines is 3. The van der Waals surface area contributed by atoms with Crippen LogP contribution < -0.4 is 10.6 Å². The van der Waals surface area contributed by atoms with E-state index in [0.717, 1.165) is 30.0 Å². The molecule has 5 heteroatoms. The van der Waals surface area contributed by atoms with Crippen molar-refractivity contribution < 1.29 is 0 Å². The Hall–Kier alpha value is -2.98. The molecule has 0 aliphatic carbocycles. The Morgan fingerprint density at radius 2 is 1.81 bits per heavy atom. The highest BCUT2D eigenvalue weighted by molar-refractivity contribution is 6.33. The molecule has 0 atom stereocenters. The highest BCUT2D eigenvalue weighted by Gasteiger charge is 2.05. The van der Waals surface area contributed by atoms with Gasteiger partial charge >= 0.3 is 0 Å². The standard InChI is InChI=1S/C21H19ClN4/c22-19-13-17(26-16-8-10-23-11-9-16)5-6-21(19)24-12-7-15-14-25-20-4-2-1-3-18(15)20/h1-6,8-11,13-14,24-25H,7,12H2,(H,23,26). The summed E-state index contributed by atoms with van der Waals surface area (Å²) in [6.07, 6.45) is 6.52. The van der Waals surface area contributed by atoms with E-state index in [4.69, 9.17) is 11.6 Å². The molecule has 0 aliphatic heterocycles. The van der Waals surface area contributed by atoms with Crippen molar-refractivity contribution in [3.8, 4) is 0 Å². The lowest BCUT2D eigenvalue weighted by atomic mass is 10.1. The monoisotopic (exact) mass is 362 g/mol. The van der Waals surface area contributed by atoms with Crippen molar-refractivity contribution in [3.05, 3.63) is 83.8 Å². The summed E-state index contributed by atoms with van der Waals surface area (Å²) in [6, 6.07) is 18.1. The molecule has 4 nitrogen and oxygen atoms in total. The van der Waals surface area contributed by atoms with Crippen LogP contribution in [0.4, 0.5) is 17.1 Å². The summed E-state index contributed by atoms with van der Waals surface area (Å²) in [5.74, 6) is 0. The zero-order valence-electron chi connectivity index (χ0n) is 14.2. The molecule has 0 bridgehead atoms. The molecule has 4 rings (SSSR count). The molecule has 2 heterocycles. The first-order valence-corrected chi connectivity index (χ1v) is 8.93. The molecule has 2 aromatic carbocycles. The summed E-state index contributed by atoms with van der Waals surface area (Å²) in [4.78, 5) is 7.33. The predicted octanol–water partition coefficient (Wildman–Crippen LogP) is 5.61. The largest absolute Gasteiger partial charge is 0.384 e. The Morgan fingerprint density at radius 3 is 2.65 bits per heavy atom. The summed E-state index contributed by atoms with van der Waals surface area (Å²) >= 11 is 6.43. The first-order chi connectivity index (χ1) is 12.8. The number of aromatic amines is 1. The van der Waals surface area contributed by atoms with Crippen molar-refractivity contribution in [2.75, 3.05) is 17.2 Å². The summed E-state index contributed by atoms with van der Waals surface area (Å²) in [6.45, 7) is 0.818. The Labute approximate surface area is 157 Å². The Bertz CT molecular complexity index is 1010. The molecule has 0 unspecified atom stereocenters. The van der Waals surface area contributed by atoms with Crippen molar-refractivity contribution >= 4 is 39.6 Å². The first-order valence-electron chi connectivity index (χ1n) is 8.55. The smallest absolute Gasteiger partial charge is 0.0658 e. The van der Waals surface area contributed by atoms with E-state index in [1.807, 2.05) is 36.4 Å². The number of nitrogens with one attached hydrogen (secondary N) is 3. The lowest BCUT2D eigenvalue weighted by Crippen LogP contribution is -2.05. The molecule has 0 radical (unpaired) electrons. The van der Waals surface area contributed by atoms with Crippen molar-refractivity contribution in [3.63, 3.8) is 0 Å². The maximum Gasteiger partial charge on any atom is 0.0658 e. The van der Waals surface area contributed by atoms with E-state index in [2.05, 4.69) is 45.0 Å². The minimum absolute atomic E-state index is 0.697. The van der Waals surface area contributed by atoms with Gasteiger partial charge in [0.15, 0.2) is 0 Å². The summed E-state index contributed by atoms with van der Waals surface area (Å²) in [5, 5.41) is 8.71. The van der Waals surface area contributed by atoms with Crippen molar-refractivity contribution in [1.29, 1.82) is 0 Å². The number of benzene rings is 2. The lowest BCUT2D eigenvalue weighted by molar-refractivity contribution is 1.03. The van der Waals surface area contributed by atoms with E-state index < -0.39 is 0 Å². The van der Waals surface area contributed by atoms with Crippen LogP contribution in [0.2, 0.25) is 5.02 Å². The van der Waals surface area contributed by atoms with Crippen LogP contribution in [0.15, 0.2) is 73.2 Å². The number of para-hydroxylation sites is 1. The number of hydrogen-bond donors (Lipinski definition) is 3. The van der Waals surface area contributed by atoms with Gasteiger partial charge in [-0.2, -0.15) is 0 Å². The first kappa shape index (κ1) is 16.5. The average Bonchev–Trinajstić information content (AvgIpc) is 3.08. The van der Waals surface area contributed by atoms with Gasteiger partial charge in [-0.25, -0.2) is 0 Å². The molecule has 3 N–H and O–H groups in total. The highest BCUT2D eigenvalue weighted by Crippen LogP contribution is 2.27. The van der Waals surface area contributed by atoms with E-state index >= 15 is 0 Å².